The molecule has 3 rings (SSSR count). The second kappa shape index (κ2) is 9.47. The molecule has 0 atom stereocenters. The molecule has 0 fully saturated rings. The normalized spacial score (nSPS) is 11.2. The van der Waals surface area contributed by atoms with Crippen LogP contribution in [-0.4, -0.2) is 23.4 Å². The van der Waals surface area contributed by atoms with Crippen molar-refractivity contribution in [1.82, 2.24) is 0 Å². The molecule has 154 valence electrons. The summed E-state index contributed by atoms with van der Waals surface area (Å²) in [5, 5.41) is 17.5. The summed E-state index contributed by atoms with van der Waals surface area (Å²) in [7, 11) is 0. The van der Waals surface area contributed by atoms with E-state index in [0.29, 0.717) is 5.57 Å². The van der Waals surface area contributed by atoms with Gasteiger partial charge in [-0.3, -0.25) is 14.9 Å². The summed E-state index contributed by atoms with van der Waals surface area (Å²) < 4.78 is 5.19. The van der Waals surface area contributed by atoms with Gasteiger partial charge in [0.25, 0.3) is 11.6 Å². The molecule has 2 aromatic heterocycles. The molecule has 1 amide bonds. The summed E-state index contributed by atoms with van der Waals surface area (Å²) in [6.45, 7) is 2.98. The van der Waals surface area contributed by atoms with Crippen LogP contribution < -0.4 is 5.32 Å². The molecule has 0 saturated heterocycles. The third-order valence-corrected chi connectivity index (χ3v) is 5.98. The summed E-state index contributed by atoms with van der Waals surface area (Å²) in [6.07, 6.45) is 1.71. The molecule has 0 aliphatic heterocycles. The summed E-state index contributed by atoms with van der Waals surface area (Å²) in [5.41, 5.74) is 1.74. The largest absolute Gasteiger partial charge is 0.452 e. The number of hydrogen-bond acceptors (Lipinski definition) is 7. The Balaban J connectivity index is 1.72. The molecule has 7 nitrogen and oxygen atoms in total. The lowest BCUT2D eigenvalue weighted by Crippen LogP contribution is -2.21. The van der Waals surface area contributed by atoms with E-state index < -0.39 is 23.4 Å². The molecule has 2 heterocycles. The fourth-order valence-corrected chi connectivity index (χ4v) is 4.01. The Morgan fingerprint density at radius 3 is 2.47 bits per heavy atom. The number of nitro groups is 1. The molecular weight excluding hydrogens is 424 g/mol. The minimum absolute atomic E-state index is 0.0664. The van der Waals surface area contributed by atoms with Gasteiger partial charge in [0.1, 0.15) is 5.69 Å². The Hall–Kier alpha value is -3.30. The van der Waals surface area contributed by atoms with Crippen LogP contribution >= 0.6 is 22.7 Å². The number of carbonyl (C=O) groups is 2. The highest BCUT2D eigenvalue weighted by Crippen LogP contribution is 2.28. The van der Waals surface area contributed by atoms with Crippen LogP contribution in [0, 0.1) is 24.0 Å². The molecule has 0 spiro atoms. The van der Waals surface area contributed by atoms with Crippen molar-refractivity contribution in [1.29, 1.82) is 0 Å². The number of hydrogen-bond donors (Lipinski definition) is 1. The highest BCUT2D eigenvalue weighted by Gasteiger charge is 2.20. The van der Waals surface area contributed by atoms with E-state index >= 15 is 0 Å². The van der Waals surface area contributed by atoms with Crippen molar-refractivity contribution in [2.45, 2.75) is 13.8 Å². The Morgan fingerprint density at radius 2 is 1.83 bits per heavy atom. The van der Waals surface area contributed by atoms with Crippen LogP contribution in [0.5, 0.6) is 0 Å². The first-order chi connectivity index (χ1) is 14.3. The molecule has 0 aliphatic rings. The predicted octanol–water partition coefficient (Wildman–Crippen LogP) is 5.06. The molecule has 0 unspecified atom stereocenters. The number of ether oxygens (including phenoxy) is 1. The minimum Gasteiger partial charge on any atom is -0.452 e. The molecule has 1 aromatic carbocycles. The standard InChI is InChI=1S/C21H18N2O5S2/c1-13-9-17(18(23(26)27)10-14(13)2)22-20(24)12-28-21(25)16(19-6-4-8-30-19)11-15-5-3-7-29-15/h3-11H,12H2,1-2H3,(H,22,24). The van der Waals surface area contributed by atoms with E-state index in [1.165, 1.54) is 34.8 Å². The van der Waals surface area contributed by atoms with Crippen LogP contribution in [0.2, 0.25) is 0 Å². The van der Waals surface area contributed by atoms with Gasteiger partial charge in [-0.25, -0.2) is 4.79 Å². The van der Waals surface area contributed by atoms with E-state index in [2.05, 4.69) is 5.32 Å². The topological polar surface area (TPSA) is 98.5 Å². The quantitative estimate of drug-likeness (QED) is 0.239. The lowest BCUT2D eigenvalue weighted by atomic mass is 10.1. The molecule has 0 radical (unpaired) electrons. The lowest BCUT2D eigenvalue weighted by molar-refractivity contribution is -0.384. The number of nitrogens with zero attached hydrogens (tertiary/aromatic N) is 1. The van der Waals surface area contributed by atoms with Gasteiger partial charge in [-0.15, -0.1) is 22.7 Å². The van der Waals surface area contributed by atoms with Crippen molar-refractivity contribution in [3.63, 3.8) is 0 Å². The maximum Gasteiger partial charge on any atom is 0.340 e. The van der Waals surface area contributed by atoms with Gasteiger partial charge in [0, 0.05) is 15.8 Å². The first-order valence-corrected chi connectivity index (χ1v) is 10.6. The average molecular weight is 443 g/mol. The van der Waals surface area contributed by atoms with E-state index in [-0.39, 0.29) is 11.4 Å². The molecule has 1 N–H and O–H groups in total. The zero-order valence-corrected chi connectivity index (χ0v) is 17.8. The molecule has 30 heavy (non-hydrogen) atoms. The van der Waals surface area contributed by atoms with Gasteiger partial charge < -0.3 is 10.1 Å². The molecule has 3 aromatic rings. The summed E-state index contributed by atoms with van der Waals surface area (Å²) in [6, 6.07) is 10.3. The van der Waals surface area contributed by atoms with Crippen molar-refractivity contribution in [3.8, 4) is 0 Å². The van der Waals surface area contributed by atoms with E-state index in [9.17, 15) is 19.7 Å². The van der Waals surface area contributed by atoms with Crippen LogP contribution in [0.3, 0.4) is 0 Å². The maximum absolute atomic E-state index is 12.6. The second-order valence-electron chi connectivity index (χ2n) is 6.39. The van der Waals surface area contributed by atoms with Crippen LogP contribution in [0.4, 0.5) is 11.4 Å². The SMILES string of the molecule is Cc1cc(NC(=O)COC(=O)C(=Cc2cccs2)c2cccs2)c([N+](=O)[O-])cc1C. The van der Waals surface area contributed by atoms with Crippen LogP contribution in [0.1, 0.15) is 20.9 Å². The van der Waals surface area contributed by atoms with Crippen molar-refractivity contribution < 1.29 is 19.2 Å². The molecule has 0 bridgehead atoms. The fourth-order valence-electron chi connectivity index (χ4n) is 2.63. The summed E-state index contributed by atoms with van der Waals surface area (Å²) in [5.74, 6) is -1.30. The first-order valence-electron chi connectivity index (χ1n) is 8.87. The number of amides is 1. The van der Waals surface area contributed by atoms with Crippen molar-refractivity contribution in [3.05, 3.63) is 78.2 Å². The number of rotatable bonds is 7. The predicted molar refractivity (Wildman–Crippen MR) is 119 cm³/mol. The van der Waals surface area contributed by atoms with Crippen molar-refractivity contribution in [2.24, 2.45) is 0 Å². The monoisotopic (exact) mass is 442 g/mol. The number of thiophene rings is 2. The fraction of sp³-hybridized carbons (Fsp3) is 0.143. The van der Waals surface area contributed by atoms with Crippen LogP contribution in [0.25, 0.3) is 11.6 Å². The lowest BCUT2D eigenvalue weighted by Gasteiger charge is -2.10. The van der Waals surface area contributed by atoms with Gasteiger partial charge in [0.2, 0.25) is 0 Å². The number of anilines is 1. The van der Waals surface area contributed by atoms with Crippen LogP contribution in [0.15, 0.2) is 47.2 Å². The average Bonchev–Trinajstić information content (AvgIpc) is 3.40. The Morgan fingerprint density at radius 1 is 1.13 bits per heavy atom. The third kappa shape index (κ3) is 5.19. The van der Waals surface area contributed by atoms with E-state index in [0.717, 1.165) is 20.9 Å². The Kier molecular flexibility index (Phi) is 6.76. The smallest absolute Gasteiger partial charge is 0.340 e. The van der Waals surface area contributed by atoms with Gasteiger partial charge in [-0.05, 0) is 60.0 Å². The number of nitrogens with one attached hydrogen (secondary N) is 1. The van der Waals surface area contributed by atoms with Gasteiger partial charge in [-0.1, -0.05) is 12.1 Å². The number of nitro benzene ring substituents is 1. The Bertz CT molecular complexity index is 1100. The summed E-state index contributed by atoms with van der Waals surface area (Å²) >= 11 is 2.86. The molecule has 0 saturated carbocycles. The van der Waals surface area contributed by atoms with Gasteiger partial charge in [-0.2, -0.15) is 0 Å². The van der Waals surface area contributed by atoms with E-state index in [4.69, 9.17) is 4.74 Å². The zero-order valence-electron chi connectivity index (χ0n) is 16.2. The third-order valence-electron chi connectivity index (χ3n) is 4.25. The molecule has 0 aliphatic carbocycles. The number of esters is 1. The summed E-state index contributed by atoms with van der Waals surface area (Å²) in [4.78, 5) is 37.2. The number of carbonyl (C=O) groups excluding carboxylic acids is 2. The van der Waals surface area contributed by atoms with E-state index in [1.807, 2.05) is 29.0 Å². The molecule has 9 heteroatoms. The van der Waals surface area contributed by atoms with Gasteiger partial charge >= 0.3 is 5.97 Å². The second-order valence-corrected chi connectivity index (χ2v) is 8.31. The van der Waals surface area contributed by atoms with Crippen LogP contribution in [-0.2, 0) is 14.3 Å². The zero-order chi connectivity index (χ0) is 21.7. The maximum atomic E-state index is 12.6. The van der Waals surface area contributed by atoms with E-state index in [1.54, 1.807) is 26.0 Å². The molecular formula is C21H18N2O5S2. The van der Waals surface area contributed by atoms with Crippen molar-refractivity contribution in [2.75, 3.05) is 11.9 Å². The number of benzene rings is 1. The van der Waals surface area contributed by atoms with Gasteiger partial charge in [0.05, 0.1) is 10.5 Å². The highest BCUT2D eigenvalue weighted by molar-refractivity contribution is 7.12. The highest BCUT2D eigenvalue weighted by atomic mass is 32.1. The number of aryl methyl sites for hydroxylation is 2. The minimum atomic E-state index is -0.656. The Labute approximate surface area is 180 Å². The first kappa shape index (κ1) is 21.4. The van der Waals surface area contributed by atoms with Gasteiger partial charge in [0.15, 0.2) is 6.61 Å². The van der Waals surface area contributed by atoms with Crippen molar-refractivity contribution >= 4 is 57.6 Å².